The molecule has 2 aromatic carbocycles. The molecule has 0 saturated heterocycles. The van der Waals surface area contributed by atoms with Gasteiger partial charge in [0.1, 0.15) is 17.2 Å². The lowest BCUT2D eigenvalue weighted by Crippen LogP contribution is -2.17. The number of hydrogen-bond acceptors (Lipinski definition) is 5. The highest BCUT2D eigenvalue weighted by molar-refractivity contribution is 5.95. The average molecular weight is 328 g/mol. The molecule has 6 nitrogen and oxygen atoms in total. The fourth-order valence-electron chi connectivity index (χ4n) is 2.02. The summed E-state index contributed by atoms with van der Waals surface area (Å²) in [6.45, 7) is 2.51. The first-order chi connectivity index (χ1) is 11.7. The maximum Gasteiger partial charge on any atom is 0.271 e. The van der Waals surface area contributed by atoms with E-state index in [9.17, 15) is 4.79 Å². The second-order valence-corrected chi connectivity index (χ2v) is 4.81. The summed E-state index contributed by atoms with van der Waals surface area (Å²) in [5.74, 6) is 1.47. The Morgan fingerprint density at radius 2 is 1.79 bits per heavy atom. The molecule has 0 aliphatic carbocycles. The van der Waals surface area contributed by atoms with Crippen molar-refractivity contribution in [3.05, 3.63) is 53.6 Å². The molecule has 0 spiro atoms. The van der Waals surface area contributed by atoms with Crippen LogP contribution in [-0.2, 0) is 0 Å². The van der Waals surface area contributed by atoms with E-state index in [0.717, 1.165) is 11.3 Å². The van der Waals surface area contributed by atoms with Crippen molar-refractivity contribution in [1.82, 2.24) is 5.43 Å². The molecule has 0 bridgehead atoms. The van der Waals surface area contributed by atoms with Crippen LogP contribution in [0.3, 0.4) is 0 Å². The van der Waals surface area contributed by atoms with Crippen molar-refractivity contribution in [1.29, 1.82) is 0 Å². The van der Waals surface area contributed by atoms with Gasteiger partial charge in [-0.15, -0.1) is 0 Å². The number of nitrogens with one attached hydrogen (secondary N) is 1. The Bertz CT molecular complexity index is 706. The Morgan fingerprint density at radius 1 is 1.08 bits per heavy atom. The summed E-state index contributed by atoms with van der Waals surface area (Å²) in [6.07, 6.45) is 1.55. The van der Waals surface area contributed by atoms with Crippen molar-refractivity contribution >= 4 is 12.1 Å². The molecular weight excluding hydrogens is 308 g/mol. The summed E-state index contributed by atoms with van der Waals surface area (Å²) >= 11 is 0. The summed E-state index contributed by atoms with van der Waals surface area (Å²) in [5, 5.41) is 3.97. The van der Waals surface area contributed by atoms with Gasteiger partial charge in [-0.2, -0.15) is 5.10 Å². The molecule has 0 heterocycles. The normalized spacial score (nSPS) is 10.5. The van der Waals surface area contributed by atoms with E-state index >= 15 is 0 Å². The Balaban J connectivity index is 2.06. The molecule has 0 atom stereocenters. The number of amides is 1. The van der Waals surface area contributed by atoms with Crippen molar-refractivity contribution in [3.63, 3.8) is 0 Å². The third-order valence-corrected chi connectivity index (χ3v) is 3.16. The van der Waals surface area contributed by atoms with Crippen LogP contribution in [-0.4, -0.2) is 32.9 Å². The minimum atomic E-state index is -0.357. The van der Waals surface area contributed by atoms with Gasteiger partial charge in [-0.25, -0.2) is 5.43 Å². The first kappa shape index (κ1) is 17.3. The monoisotopic (exact) mass is 328 g/mol. The first-order valence-electron chi connectivity index (χ1n) is 7.45. The van der Waals surface area contributed by atoms with Crippen molar-refractivity contribution in [2.45, 2.75) is 6.92 Å². The van der Waals surface area contributed by atoms with Crippen molar-refractivity contribution < 1.29 is 19.0 Å². The molecular formula is C18H20N2O4. The van der Waals surface area contributed by atoms with E-state index in [1.807, 2.05) is 31.2 Å². The Hall–Kier alpha value is -3.02. The van der Waals surface area contributed by atoms with Crippen LogP contribution in [0.25, 0.3) is 0 Å². The Kier molecular flexibility index (Phi) is 6.19. The number of nitrogens with zero attached hydrogens (tertiary/aromatic N) is 1. The van der Waals surface area contributed by atoms with Crippen LogP contribution in [0.4, 0.5) is 0 Å². The van der Waals surface area contributed by atoms with Gasteiger partial charge in [0.2, 0.25) is 0 Å². The smallest absolute Gasteiger partial charge is 0.271 e. The average Bonchev–Trinajstić information content (AvgIpc) is 2.61. The summed E-state index contributed by atoms with van der Waals surface area (Å²) in [6, 6.07) is 12.4. The van der Waals surface area contributed by atoms with Gasteiger partial charge in [0, 0.05) is 11.6 Å². The minimum Gasteiger partial charge on any atom is -0.497 e. The number of ether oxygens (including phenoxy) is 3. The number of hydrogen-bond donors (Lipinski definition) is 1. The van der Waals surface area contributed by atoms with Crippen LogP contribution in [0, 0.1) is 0 Å². The molecule has 0 aromatic heterocycles. The molecule has 0 fully saturated rings. The van der Waals surface area contributed by atoms with Gasteiger partial charge in [0.05, 0.1) is 27.0 Å². The fourth-order valence-corrected chi connectivity index (χ4v) is 2.02. The zero-order valence-corrected chi connectivity index (χ0v) is 13.9. The molecule has 0 aliphatic rings. The third-order valence-electron chi connectivity index (χ3n) is 3.16. The molecule has 0 saturated carbocycles. The number of carbonyl (C=O) groups is 1. The largest absolute Gasteiger partial charge is 0.497 e. The SMILES string of the molecule is CCOc1cccc(/C=N\NC(=O)c2cc(OC)cc(OC)c2)c1. The molecule has 0 unspecified atom stereocenters. The second kappa shape index (κ2) is 8.57. The minimum absolute atomic E-state index is 0.357. The lowest BCUT2D eigenvalue weighted by molar-refractivity contribution is 0.0954. The molecule has 1 N–H and O–H groups in total. The maximum absolute atomic E-state index is 12.2. The van der Waals surface area contributed by atoms with E-state index in [0.29, 0.717) is 23.7 Å². The van der Waals surface area contributed by atoms with E-state index in [4.69, 9.17) is 14.2 Å². The highest BCUT2D eigenvalue weighted by atomic mass is 16.5. The summed E-state index contributed by atoms with van der Waals surface area (Å²) < 4.78 is 15.7. The molecule has 2 aromatic rings. The standard InChI is InChI=1S/C18H20N2O4/c1-4-24-15-7-5-6-13(8-15)12-19-20-18(21)14-9-16(22-2)11-17(10-14)23-3/h5-12H,4H2,1-3H3,(H,20,21)/b19-12-. The van der Waals surface area contributed by atoms with Crippen LogP contribution >= 0.6 is 0 Å². The summed E-state index contributed by atoms with van der Waals surface area (Å²) in [7, 11) is 3.06. The van der Waals surface area contributed by atoms with Crippen LogP contribution in [0.5, 0.6) is 17.2 Å². The second-order valence-electron chi connectivity index (χ2n) is 4.81. The van der Waals surface area contributed by atoms with Crippen LogP contribution < -0.4 is 19.6 Å². The summed E-state index contributed by atoms with van der Waals surface area (Å²) in [4.78, 5) is 12.2. The molecule has 0 aliphatic heterocycles. The van der Waals surface area contributed by atoms with E-state index in [-0.39, 0.29) is 5.91 Å². The van der Waals surface area contributed by atoms with E-state index in [1.54, 1.807) is 24.4 Å². The molecule has 0 radical (unpaired) electrons. The quantitative estimate of drug-likeness (QED) is 0.627. The van der Waals surface area contributed by atoms with Crippen molar-refractivity contribution in [3.8, 4) is 17.2 Å². The number of hydrazone groups is 1. The number of rotatable bonds is 7. The lowest BCUT2D eigenvalue weighted by Gasteiger charge is -2.07. The number of carbonyl (C=O) groups excluding carboxylic acids is 1. The highest BCUT2D eigenvalue weighted by Crippen LogP contribution is 2.22. The predicted octanol–water partition coefficient (Wildman–Crippen LogP) is 2.87. The van der Waals surface area contributed by atoms with E-state index in [2.05, 4.69) is 10.5 Å². The van der Waals surface area contributed by atoms with Crippen molar-refractivity contribution in [2.24, 2.45) is 5.10 Å². The molecule has 2 rings (SSSR count). The third kappa shape index (κ3) is 4.74. The topological polar surface area (TPSA) is 69.2 Å². The lowest BCUT2D eigenvalue weighted by atomic mass is 10.2. The zero-order chi connectivity index (χ0) is 17.4. The number of methoxy groups -OCH3 is 2. The van der Waals surface area contributed by atoms with Crippen LogP contribution in [0.15, 0.2) is 47.6 Å². The van der Waals surface area contributed by atoms with Gasteiger partial charge in [-0.1, -0.05) is 12.1 Å². The Labute approximate surface area is 141 Å². The van der Waals surface area contributed by atoms with E-state index in [1.165, 1.54) is 14.2 Å². The van der Waals surface area contributed by atoms with Gasteiger partial charge in [0.25, 0.3) is 5.91 Å². The predicted molar refractivity (Wildman–Crippen MR) is 92.2 cm³/mol. The van der Waals surface area contributed by atoms with Gasteiger partial charge in [-0.05, 0) is 36.8 Å². The van der Waals surface area contributed by atoms with Crippen molar-refractivity contribution in [2.75, 3.05) is 20.8 Å². The van der Waals surface area contributed by atoms with Crippen LogP contribution in [0.2, 0.25) is 0 Å². The number of benzene rings is 2. The highest BCUT2D eigenvalue weighted by Gasteiger charge is 2.09. The maximum atomic E-state index is 12.2. The van der Waals surface area contributed by atoms with Gasteiger partial charge in [-0.3, -0.25) is 4.79 Å². The first-order valence-corrected chi connectivity index (χ1v) is 7.45. The summed E-state index contributed by atoms with van der Waals surface area (Å²) in [5.41, 5.74) is 3.70. The van der Waals surface area contributed by atoms with Gasteiger partial charge < -0.3 is 14.2 Å². The van der Waals surface area contributed by atoms with Crippen LogP contribution in [0.1, 0.15) is 22.8 Å². The van der Waals surface area contributed by atoms with E-state index < -0.39 is 0 Å². The molecule has 126 valence electrons. The van der Waals surface area contributed by atoms with Gasteiger partial charge >= 0.3 is 0 Å². The molecule has 24 heavy (non-hydrogen) atoms. The fraction of sp³-hybridized carbons (Fsp3) is 0.222. The van der Waals surface area contributed by atoms with Gasteiger partial charge in [0.15, 0.2) is 0 Å². The molecule has 1 amide bonds. The Morgan fingerprint density at radius 3 is 2.42 bits per heavy atom. The molecule has 6 heteroatoms. The zero-order valence-electron chi connectivity index (χ0n) is 13.9.